The van der Waals surface area contributed by atoms with Crippen molar-refractivity contribution in [2.24, 2.45) is 0 Å². The van der Waals surface area contributed by atoms with E-state index in [0.717, 1.165) is 11.1 Å². The van der Waals surface area contributed by atoms with Gasteiger partial charge in [-0.3, -0.25) is 0 Å². The van der Waals surface area contributed by atoms with Gasteiger partial charge in [-0.15, -0.1) is 0 Å². The van der Waals surface area contributed by atoms with E-state index < -0.39 is 6.16 Å². The van der Waals surface area contributed by atoms with Crippen LogP contribution in [0, 0.1) is 0 Å². The molecule has 0 aliphatic rings. The van der Waals surface area contributed by atoms with Gasteiger partial charge in [-0.2, -0.15) is 0 Å². The molecule has 0 N–H and O–H groups in total. The molecule has 1 aromatic carbocycles. The number of pyridine rings is 1. The van der Waals surface area contributed by atoms with Crippen molar-refractivity contribution in [1.82, 2.24) is 9.88 Å². The number of ether oxygens (including phenoxy) is 2. The van der Waals surface area contributed by atoms with Crippen LogP contribution in [-0.2, 0) is 4.74 Å². The Kier molecular flexibility index (Phi) is 5.29. The maximum Gasteiger partial charge on any atom is 0.515 e. The maximum atomic E-state index is 11.4. The van der Waals surface area contributed by atoms with Crippen LogP contribution in [0.15, 0.2) is 48.7 Å². The van der Waals surface area contributed by atoms with Gasteiger partial charge in [-0.25, -0.2) is 9.78 Å². The van der Waals surface area contributed by atoms with E-state index >= 15 is 0 Å². The molecule has 0 amide bonds. The lowest BCUT2D eigenvalue weighted by Crippen LogP contribution is -2.21. The van der Waals surface area contributed by atoms with Crippen LogP contribution in [0.3, 0.4) is 0 Å². The van der Waals surface area contributed by atoms with E-state index in [-0.39, 0.29) is 12.5 Å². The molecule has 0 aliphatic carbocycles. The number of rotatable bonds is 5. The fourth-order valence-electron chi connectivity index (χ4n) is 1.67. The average Bonchev–Trinajstić information content (AvgIpc) is 2.48. The first-order chi connectivity index (χ1) is 10.1. The Hall–Kier alpha value is -2.40. The third-order valence-corrected chi connectivity index (χ3v) is 2.79. The summed E-state index contributed by atoms with van der Waals surface area (Å²) in [6.07, 6.45) is 0.925. The van der Waals surface area contributed by atoms with Crippen LogP contribution in [0.25, 0.3) is 11.1 Å². The van der Waals surface area contributed by atoms with Crippen molar-refractivity contribution in [3.8, 4) is 17.0 Å². The van der Waals surface area contributed by atoms with Crippen LogP contribution in [0.5, 0.6) is 5.88 Å². The van der Waals surface area contributed by atoms with Crippen LogP contribution >= 0.6 is 0 Å². The van der Waals surface area contributed by atoms with Gasteiger partial charge >= 0.3 is 6.16 Å². The smallest absolute Gasteiger partial charge is 0.433 e. The number of aromatic nitrogens is 1. The molecule has 110 valence electrons. The molecular formula is C16H18N2O3. The van der Waals surface area contributed by atoms with Crippen molar-refractivity contribution in [2.75, 3.05) is 27.2 Å². The van der Waals surface area contributed by atoms with Gasteiger partial charge in [0.2, 0.25) is 5.88 Å². The molecule has 0 saturated carbocycles. The standard InChI is InChI=1S/C16H18N2O3/c1-18(2)10-11-20-16(19)21-15-9-8-14(12-17-15)13-6-4-3-5-7-13/h3-9,12H,10-11H2,1-2H3. The number of benzene rings is 1. The highest BCUT2D eigenvalue weighted by atomic mass is 16.7. The molecule has 0 radical (unpaired) electrons. The lowest BCUT2D eigenvalue weighted by molar-refractivity contribution is 0.0913. The van der Waals surface area contributed by atoms with Gasteiger partial charge in [0.25, 0.3) is 0 Å². The van der Waals surface area contributed by atoms with Crippen LogP contribution in [0.1, 0.15) is 0 Å². The first-order valence-corrected chi connectivity index (χ1v) is 6.66. The molecule has 0 atom stereocenters. The number of carbonyl (C=O) groups excluding carboxylic acids is 1. The van der Waals surface area contributed by atoms with Gasteiger partial charge in [0.05, 0.1) is 0 Å². The molecule has 21 heavy (non-hydrogen) atoms. The highest BCUT2D eigenvalue weighted by molar-refractivity contribution is 5.65. The summed E-state index contributed by atoms with van der Waals surface area (Å²) in [6, 6.07) is 13.4. The molecule has 0 aliphatic heterocycles. The van der Waals surface area contributed by atoms with E-state index in [1.807, 2.05) is 55.4 Å². The van der Waals surface area contributed by atoms with Crippen molar-refractivity contribution in [3.63, 3.8) is 0 Å². The maximum absolute atomic E-state index is 11.4. The topological polar surface area (TPSA) is 51.7 Å². The second kappa shape index (κ2) is 7.40. The molecule has 1 heterocycles. The van der Waals surface area contributed by atoms with Gasteiger partial charge in [0.15, 0.2) is 0 Å². The van der Waals surface area contributed by atoms with Crippen molar-refractivity contribution in [1.29, 1.82) is 0 Å². The predicted octanol–water partition coefficient (Wildman–Crippen LogP) is 2.83. The summed E-state index contributed by atoms with van der Waals surface area (Å²) in [5.74, 6) is 0.226. The summed E-state index contributed by atoms with van der Waals surface area (Å²) in [4.78, 5) is 17.5. The predicted molar refractivity (Wildman–Crippen MR) is 80.2 cm³/mol. The molecule has 0 spiro atoms. The minimum Gasteiger partial charge on any atom is -0.433 e. The van der Waals surface area contributed by atoms with Gasteiger partial charge in [-0.05, 0) is 25.7 Å². The van der Waals surface area contributed by atoms with Crippen LogP contribution in [0.4, 0.5) is 4.79 Å². The summed E-state index contributed by atoms with van der Waals surface area (Å²) >= 11 is 0. The third kappa shape index (κ3) is 4.89. The fourth-order valence-corrected chi connectivity index (χ4v) is 1.67. The molecule has 5 heteroatoms. The molecule has 0 fully saturated rings. The molecule has 2 aromatic rings. The summed E-state index contributed by atoms with van der Waals surface area (Å²) in [7, 11) is 3.80. The summed E-state index contributed by atoms with van der Waals surface area (Å²) in [5, 5.41) is 0. The second-order valence-electron chi connectivity index (χ2n) is 4.75. The summed E-state index contributed by atoms with van der Waals surface area (Å²) < 4.78 is 9.93. The normalized spacial score (nSPS) is 10.4. The zero-order valence-corrected chi connectivity index (χ0v) is 12.2. The van der Waals surface area contributed by atoms with Crippen molar-refractivity contribution >= 4 is 6.16 Å². The molecule has 2 rings (SSSR count). The highest BCUT2D eigenvalue weighted by Gasteiger charge is 2.07. The van der Waals surface area contributed by atoms with E-state index in [4.69, 9.17) is 9.47 Å². The first-order valence-electron chi connectivity index (χ1n) is 6.66. The summed E-state index contributed by atoms with van der Waals surface area (Å²) in [5.41, 5.74) is 2.02. The van der Waals surface area contributed by atoms with Gasteiger partial charge in [0, 0.05) is 24.4 Å². The van der Waals surface area contributed by atoms with Gasteiger partial charge < -0.3 is 14.4 Å². The van der Waals surface area contributed by atoms with Crippen LogP contribution in [0.2, 0.25) is 0 Å². The van der Waals surface area contributed by atoms with Crippen molar-refractivity contribution < 1.29 is 14.3 Å². The Labute approximate surface area is 124 Å². The SMILES string of the molecule is CN(C)CCOC(=O)Oc1ccc(-c2ccccc2)cn1. The monoisotopic (exact) mass is 286 g/mol. The molecule has 0 bridgehead atoms. The number of likely N-dealkylation sites (N-methyl/N-ethyl adjacent to an activating group) is 1. The molecule has 5 nitrogen and oxygen atoms in total. The number of nitrogens with zero attached hydrogens (tertiary/aromatic N) is 2. The minimum atomic E-state index is -0.739. The van der Waals surface area contributed by atoms with E-state index in [9.17, 15) is 4.79 Å². The number of hydrogen-bond acceptors (Lipinski definition) is 5. The van der Waals surface area contributed by atoms with Crippen LogP contribution in [-0.4, -0.2) is 43.3 Å². The fraction of sp³-hybridized carbons (Fsp3) is 0.250. The lowest BCUT2D eigenvalue weighted by Gasteiger charge is -2.09. The Bertz CT molecular complexity index is 568. The van der Waals surface area contributed by atoms with E-state index in [0.29, 0.717) is 6.54 Å². The number of carbonyl (C=O) groups is 1. The van der Waals surface area contributed by atoms with E-state index in [1.165, 1.54) is 0 Å². The van der Waals surface area contributed by atoms with Crippen LogP contribution < -0.4 is 4.74 Å². The molecule has 1 aromatic heterocycles. The van der Waals surface area contributed by atoms with Gasteiger partial charge in [0.1, 0.15) is 6.61 Å². The average molecular weight is 286 g/mol. The Morgan fingerprint density at radius 2 is 1.86 bits per heavy atom. The van der Waals surface area contributed by atoms with Crippen molar-refractivity contribution in [3.05, 3.63) is 48.7 Å². The van der Waals surface area contributed by atoms with E-state index in [2.05, 4.69) is 4.98 Å². The zero-order chi connectivity index (χ0) is 15.1. The Morgan fingerprint density at radius 3 is 2.48 bits per heavy atom. The Morgan fingerprint density at radius 1 is 1.10 bits per heavy atom. The van der Waals surface area contributed by atoms with E-state index in [1.54, 1.807) is 12.3 Å². The summed E-state index contributed by atoms with van der Waals surface area (Å²) in [6.45, 7) is 0.934. The second-order valence-corrected chi connectivity index (χ2v) is 4.75. The molecule has 0 saturated heterocycles. The van der Waals surface area contributed by atoms with Gasteiger partial charge in [-0.1, -0.05) is 30.3 Å². The Balaban J connectivity index is 1.89. The lowest BCUT2D eigenvalue weighted by atomic mass is 10.1. The molecular weight excluding hydrogens is 268 g/mol. The molecule has 0 unspecified atom stereocenters. The zero-order valence-electron chi connectivity index (χ0n) is 12.2. The third-order valence-electron chi connectivity index (χ3n) is 2.79. The van der Waals surface area contributed by atoms with Crippen molar-refractivity contribution in [2.45, 2.75) is 0 Å². The largest absolute Gasteiger partial charge is 0.515 e. The first kappa shape index (κ1) is 15.0. The number of hydrogen-bond donors (Lipinski definition) is 0. The quantitative estimate of drug-likeness (QED) is 0.791. The highest BCUT2D eigenvalue weighted by Crippen LogP contribution is 2.19. The minimum absolute atomic E-state index is 0.226.